The number of fused-ring (bicyclic) bond motifs is 1. The molecule has 0 bridgehead atoms. The Morgan fingerprint density at radius 2 is 1.82 bits per heavy atom. The van der Waals surface area contributed by atoms with Gasteiger partial charge in [0, 0.05) is 31.1 Å². The number of piperidine rings is 1. The molecular weight excluding hydrogens is 424 g/mol. The third-order valence-corrected chi connectivity index (χ3v) is 6.10. The van der Waals surface area contributed by atoms with Gasteiger partial charge in [0.15, 0.2) is 17.3 Å². The maximum Gasteiger partial charge on any atom is 0.231 e. The van der Waals surface area contributed by atoms with E-state index in [-0.39, 0.29) is 30.3 Å². The number of carbonyl (C=O) groups is 3. The van der Waals surface area contributed by atoms with Gasteiger partial charge in [-0.15, -0.1) is 0 Å². The highest BCUT2D eigenvalue weighted by atomic mass is 16.7. The predicted octanol–water partition coefficient (Wildman–Crippen LogP) is 3.44. The predicted molar refractivity (Wildman–Crippen MR) is 122 cm³/mol. The maximum absolute atomic E-state index is 12.7. The van der Waals surface area contributed by atoms with E-state index < -0.39 is 0 Å². The Kier molecular flexibility index (Phi) is 6.82. The Hall–Kier alpha value is -3.55. The molecule has 0 unspecified atom stereocenters. The second kappa shape index (κ2) is 9.94. The molecule has 1 fully saturated rings. The molecule has 0 saturated carbocycles. The summed E-state index contributed by atoms with van der Waals surface area (Å²) in [7, 11) is 1.61. The van der Waals surface area contributed by atoms with Gasteiger partial charge >= 0.3 is 0 Å². The molecule has 1 N–H and O–H groups in total. The number of nitrogens with one attached hydrogen (secondary N) is 1. The number of nitrogens with zero attached hydrogens (tertiary/aromatic N) is 1. The lowest BCUT2D eigenvalue weighted by Gasteiger charge is -2.32. The lowest BCUT2D eigenvalue weighted by atomic mass is 9.92. The molecule has 0 aliphatic carbocycles. The van der Waals surface area contributed by atoms with Crippen LogP contribution in [0.2, 0.25) is 0 Å². The highest BCUT2D eigenvalue weighted by Gasteiger charge is 2.26. The van der Waals surface area contributed by atoms with Gasteiger partial charge in [0.05, 0.1) is 19.2 Å². The number of carbonyl (C=O) groups excluding carboxylic acids is 3. The number of benzene rings is 2. The zero-order valence-corrected chi connectivity index (χ0v) is 18.9. The third-order valence-electron chi connectivity index (χ3n) is 6.10. The molecule has 0 spiro atoms. The van der Waals surface area contributed by atoms with Crippen LogP contribution in [0, 0.1) is 5.92 Å². The smallest absolute Gasteiger partial charge is 0.231 e. The number of ketones is 1. The van der Waals surface area contributed by atoms with Crippen molar-refractivity contribution in [3.63, 3.8) is 0 Å². The molecule has 8 heteroatoms. The lowest BCUT2D eigenvalue weighted by molar-refractivity contribution is -0.131. The molecule has 2 amide bonds. The van der Waals surface area contributed by atoms with Crippen molar-refractivity contribution in [1.29, 1.82) is 0 Å². The second-order valence-electron chi connectivity index (χ2n) is 8.41. The summed E-state index contributed by atoms with van der Waals surface area (Å²) >= 11 is 0. The molecule has 0 radical (unpaired) electrons. The van der Waals surface area contributed by atoms with Crippen molar-refractivity contribution in [3.05, 3.63) is 47.5 Å². The average molecular weight is 453 g/mol. The molecule has 0 atom stereocenters. The third kappa shape index (κ3) is 5.45. The van der Waals surface area contributed by atoms with Crippen LogP contribution in [-0.2, 0) is 16.0 Å². The van der Waals surface area contributed by atoms with E-state index in [4.69, 9.17) is 14.2 Å². The quantitative estimate of drug-likeness (QED) is 0.647. The van der Waals surface area contributed by atoms with Crippen LogP contribution in [-0.4, -0.2) is 49.5 Å². The van der Waals surface area contributed by atoms with Crippen molar-refractivity contribution < 1.29 is 28.6 Å². The Labute approximate surface area is 192 Å². The van der Waals surface area contributed by atoms with Crippen molar-refractivity contribution >= 4 is 23.3 Å². The highest BCUT2D eigenvalue weighted by Crippen LogP contribution is 2.37. The van der Waals surface area contributed by atoms with E-state index in [2.05, 4.69) is 5.32 Å². The van der Waals surface area contributed by atoms with Crippen LogP contribution < -0.4 is 19.5 Å². The van der Waals surface area contributed by atoms with Crippen molar-refractivity contribution in [1.82, 2.24) is 4.90 Å². The molecule has 174 valence electrons. The van der Waals surface area contributed by atoms with E-state index in [9.17, 15) is 14.4 Å². The minimum Gasteiger partial charge on any atom is -0.497 e. The van der Waals surface area contributed by atoms with E-state index in [1.807, 2.05) is 29.2 Å². The van der Waals surface area contributed by atoms with Crippen molar-refractivity contribution in [2.75, 3.05) is 32.3 Å². The van der Waals surface area contributed by atoms with Gasteiger partial charge in [0.25, 0.3) is 0 Å². The summed E-state index contributed by atoms with van der Waals surface area (Å²) in [6.45, 7) is 2.80. The zero-order valence-electron chi connectivity index (χ0n) is 18.9. The van der Waals surface area contributed by atoms with Crippen LogP contribution in [0.3, 0.4) is 0 Å². The Bertz CT molecular complexity index is 1060. The molecule has 2 aromatic rings. The molecular formula is C25H28N2O6. The molecule has 8 nitrogen and oxygen atoms in total. The first-order valence-electron chi connectivity index (χ1n) is 11.1. The van der Waals surface area contributed by atoms with Gasteiger partial charge in [-0.25, -0.2) is 0 Å². The molecule has 2 aromatic carbocycles. The number of methoxy groups -OCH3 is 1. The largest absolute Gasteiger partial charge is 0.497 e. The fraction of sp³-hybridized carbons (Fsp3) is 0.400. The van der Waals surface area contributed by atoms with Gasteiger partial charge < -0.3 is 24.4 Å². The Morgan fingerprint density at radius 1 is 1.09 bits per heavy atom. The fourth-order valence-corrected chi connectivity index (χ4v) is 4.26. The summed E-state index contributed by atoms with van der Waals surface area (Å²) in [6, 6.07) is 10.8. The number of hydrogen-bond donors (Lipinski definition) is 1. The Morgan fingerprint density at radius 3 is 2.52 bits per heavy atom. The summed E-state index contributed by atoms with van der Waals surface area (Å²) in [5.74, 6) is 1.70. The summed E-state index contributed by atoms with van der Waals surface area (Å²) in [5.41, 5.74) is 1.75. The summed E-state index contributed by atoms with van der Waals surface area (Å²) in [6.07, 6.45) is 2.19. The normalized spacial score (nSPS) is 15.3. The average Bonchev–Trinajstić information content (AvgIpc) is 3.26. The van der Waals surface area contributed by atoms with Gasteiger partial charge in [0.1, 0.15) is 5.75 Å². The minimum absolute atomic E-state index is 0.0811. The number of anilines is 1. The minimum atomic E-state index is -0.161. The van der Waals surface area contributed by atoms with Crippen molar-refractivity contribution in [3.8, 4) is 17.2 Å². The van der Waals surface area contributed by atoms with Gasteiger partial charge in [-0.1, -0.05) is 12.1 Å². The molecule has 2 aliphatic heterocycles. The Balaban J connectivity index is 1.29. The van der Waals surface area contributed by atoms with Crippen LogP contribution in [0.1, 0.15) is 42.1 Å². The molecule has 4 rings (SSSR count). The molecule has 1 saturated heterocycles. The lowest BCUT2D eigenvalue weighted by Crippen LogP contribution is -2.40. The fourth-order valence-electron chi connectivity index (χ4n) is 4.26. The van der Waals surface area contributed by atoms with Crippen molar-refractivity contribution in [2.45, 2.75) is 32.6 Å². The van der Waals surface area contributed by atoms with E-state index in [0.29, 0.717) is 48.7 Å². The van der Waals surface area contributed by atoms with Gasteiger partial charge in [-0.05, 0) is 49.4 Å². The second-order valence-corrected chi connectivity index (χ2v) is 8.41. The first-order valence-corrected chi connectivity index (χ1v) is 11.1. The van der Waals surface area contributed by atoms with Gasteiger partial charge in [-0.3, -0.25) is 14.4 Å². The SMILES string of the molecule is COc1cccc(CC(=O)N2CCC(CC(=O)Nc3cc4c(cc3C(C)=O)OCO4)CC2)c1. The highest BCUT2D eigenvalue weighted by molar-refractivity contribution is 6.04. The topological polar surface area (TPSA) is 94.2 Å². The first kappa shape index (κ1) is 22.6. The molecule has 0 aromatic heterocycles. The van der Waals surface area contributed by atoms with Crippen LogP contribution in [0.5, 0.6) is 17.2 Å². The monoisotopic (exact) mass is 452 g/mol. The number of hydrogen-bond acceptors (Lipinski definition) is 6. The summed E-state index contributed by atoms with van der Waals surface area (Å²) < 4.78 is 15.9. The van der Waals surface area contributed by atoms with Crippen LogP contribution in [0.15, 0.2) is 36.4 Å². The van der Waals surface area contributed by atoms with Crippen LogP contribution in [0.25, 0.3) is 0 Å². The number of likely N-dealkylation sites (tertiary alicyclic amines) is 1. The van der Waals surface area contributed by atoms with E-state index >= 15 is 0 Å². The number of Topliss-reactive ketones (excluding diaryl/α,β-unsaturated/α-hetero) is 1. The van der Waals surface area contributed by atoms with E-state index in [1.165, 1.54) is 6.92 Å². The molecule has 2 heterocycles. The standard InChI is InChI=1S/C25H28N2O6/c1-16(28)20-13-22-23(33-15-32-22)14-21(20)26-24(29)11-17-6-8-27(9-7-17)25(30)12-18-4-3-5-19(10-18)31-2/h3-5,10,13-14,17H,6-9,11-12,15H2,1-2H3,(H,26,29). The molecule has 2 aliphatic rings. The first-order chi connectivity index (χ1) is 15.9. The van der Waals surface area contributed by atoms with Crippen LogP contribution >= 0.6 is 0 Å². The number of amides is 2. The van der Waals surface area contributed by atoms with Crippen LogP contribution in [0.4, 0.5) is 5.69 Å². The summed E-state index contributed by atoms with van der Waals surface area (Å²) in [5, 5.41) is 2.86. The molecule has 33 heavy (non-hydrogen) atoms. The maximum atomic E-state index is 12.7. The zero-order chi connectivity index (χ0) is 23.4. The van der Waals surface area contributed by atoms with E-state index in [0.717, 1.165) is 24.2 Å². The van der Waals surface area contributed by atoms with Gasteiger partial charge in [-0.2, -0.15) is 0 Å². The van der Waals surface area contributed by atoms with Crippen molar-refractivity contribution in [2.24, 2.45) is 5.92 Å². The number of ether oxygens (including phenoxy) is 3. The van der Waals surface area contributed by atoms with Gasteiger partial charge in [0.2, 0.25) is 18.6 Å². The summed E-state index contributed by atoms with van der Waals surface area (Å²) in [4.78, 5) is 39.2. The van der Waals surface area contributed by atoms with E-state index in [1.54, 1.807) is 19.2 Å². The number of rotatable bonds is 7.